The molecule has 2 heteroatoms. The van der Waals surface area contributed by atoms with Gasteiger partial charge < -0.3 is 0 Å². The van der Waals surface area contributed by atoms with Gasteiger partial charge in [-0.25, -0.2) is 0 Å². The Morgan fingerprint density at radius 2 is 1.66 bits per heavy atom. The average Bonchev–Trinajstić information content (AvgIpc) is 3.18. The molecule has 4 aliphatic carbocycles. The van der Waals surface area contributed by atoms with Gasteiger partial charge in [0.1, 0.15) is 0 Å². The molecule has 0 amide bonds. The molecule has 0 aliphatic heterocycles. The van der Waals surface area contributed by atoms with Crippen molar-refractivity contribution in [1.82, 2.24) is 0 Å². The van der Waals surface area contributed by atoms with Crippen LogP contribution >= 0.6 is 0 Å². The van der Waals surface area contributed by atoms with Crippen LogP contribution in [0.1, 0.15) is 105 Å². The summed E-state index contributed by atoms with van der Waals surface area (Å²) in [7, 11) is 0. The Balaban J connectivity index is 1.30. The molecule has 0 bridgehead atoms. The van der Waals surface area contributed by atoms with Gasteiger partial charge in [-0.3, -0.25) is 0 Å². The van der Waals surface area contributed by atoms with Crippen molar-refractivity contribution in [3.8, 4) is 0 Å². The van der Waals surface area contributed by atoms with E-state index >= 15 is 0 Å². The summed E-state index contributed by atoms with van der Waals surface area (Å²) in [5, 5.41) is 0. The van der Waals surface area contributed by atoms with Crippen molar-refractivity contribution in [3.05, 3.63) is 30.3 Å². The predicted octanol–water partition coefficient (Wildman–Crippen LogP) is 8.10. The summed E-state index contributed by atoms with van der Waals surface area (Å²) >= 11 is 0.284. The predicted molar refractivity (Wildman–Crippen MR) is 149 cm³/mol. The number of fused-ring (bicyclic) bond motifs is 5. The molecular weight excluding hydrogens is 491 g/mol. The third-order valence-corrected chi connectivity index (χ3v) is 14.4. The van der Waals surface area contributed by atoms with Crippen LogP contribution in [0.4, 0.5) is 0 Å². The number of hydrogen-bond acceptors (Lipinski definition) is 1. The van der Waals surface area contributed by atoms with Crippen LogP contribution in [0.3, 0.4) is 0 Å². The molecule has 4 fully saturated rings. The Hall–Kier alpha value is -0.591. The molecule has 1 aromatic carbocycles. The molecule has 0 saturated heterocycles. The molecule has 4 saturated carbocycles. The van der Waals surface area contributed by atoms with Gasteiger partial charge in [-0.05, 0) is 5.92 Å². The Morgan fingerprint density at radius 3 is 2.40 bits per heavy atom. The van der Waals surface area contributed by atoms with E-state index in [-0.39, 0.29) is 15.0 Å². The summed E-state index contributed by atoms with van der Waals surface area (Å²) in [5.74, 6) is 6.62. The van der Waals surface area contributed by atoms with E-state index in [1.54, 1.807) is 0 Å². The van der Waals surface area contributed by atoms with Gasteiger partial charge in [0.15, 0.2) is 0 Å². The number of benzene rings is 1. The van der Waals surface area contributed by atoms with Crippen molar-refractivity contribution in [1.29, 1.82) is 0 Å². The second kappa shape index (κ2) is 10.3. The van der Waals surface area contributed by atoms with Crippen molar-refractivity contribution in [2.24, 2.45) is 52.3 Å². The minimum atomic E-state index is 0.284. The van der Waals surface area contributed by atoms with Crippen LogP contribution in [0.2, 0.25) is 4.82 Å². The number of carbonyl (C=O) groups excluding carboxylic acids is 1. The van der Waals surface area contributed by atoms with Crippen LogP contribution in [0.25, 0.3) is 0 Å². The second-order valence-corrected chi connectivity index (χ2v) is 16.7. The van der Waals surface area contributed by atoms with Gasteiger partial charge in [0.2, 0.25) is 0 Å². The van der Waals surface area contributed by atoms with Crippen molar-refractivity contribution >= 4 is 25.2 Å². The molecule has 0 radical (unpaired) electrons. The Morgan fingerprint density at radius 1 is 0.914 bits per heavy atom. The molecule has 5 rings (SSSR count). The topological polar surface area (TPSA) is 17.1 Å². The van der Waals surface area contributed by atoms with E-state index in [9.17, 15) is 4.79 Å². The first-order chi connectivity index (χ1) is 16.7. The Bertz CT molecular complexity index is 878. The molecule has 0 heterocycles. The summed E-state index contributed by atoms with van der Waals surface area (Å²) in [5.41, 5.74) is 0.958. The third kappa shape index (κ3) is 4.85. The van der Waals surface area contributed by atoms with Gasteiger partial charge in [-0.2, -0.15) is 0 Å². The second-order valence-electron chi connectivity index (χ2n) is 14.0. The van der Waals surface area contributed by atoms with E-state index in [2.05, 4.69) is 65.0 Å². The van der Waals surface area contributed by atoms with Crippen LogP contribution in [0.15, 0.2) is 30.3 Å². The normalized spacial score (nSPS) is 41.8. The molecule has 0 N–H and O–H groups in total. The van der Waals surface area contributed by atoms with Crippen molar-refractivity contribution in [2.45, 2.75) is 110 Å². The average molecular weight is 542 g/mol. The zero-order valence-corrected chi connectivity index (χ0v) is 24.8. The molecular formula is C33H50OSe. The maximum absolute atomic E-state index is 13.3. The molecule has 1 aromatic rings. The first-order valence-electron chi connectivity index (χ1n) is 15.0. The van der Waals surface area contributed by atoms with Gasteiger partial charge in [0.05, 0.1) is 0 Å². The van der Waals surface area contributed by atoms with Gasteiger partial charge >= 0.3 is 203 Å². The van der Waals surface area contributed by atoms with Gasteiger partial charge in [0, 0.05) is 0 Å². The van der Waals surface area contributed by atoms with Gasteiger partial charge in [-0.15, -0.1) is 0 Å². The van der Waals surface area contributed by atoms with E-state index < -0.39 is 0 Å². The summed E-state index contributed by atoms with van der Waals surface area (Å²) in [6.45, 7) is 12.7. The third-order valence-electron chi connectivity index (χ3n) is 11.7. The van der Waals surface area contributed by atoms with Crippen LogP contribution in [0.5, 0.6) is 0 Å². The molecule has 0 aromatic heterocycles. The first kappa shape index (κ1) is 26.0. The number of hydrogen-bond donors (Lipinski definition) is 0. The van der Waals surface area contributed by atoms with Gasteiger partial charge in [-0.1, -0.05) is 13.8 Å². The molecule has 1 nitrogen and oxygen atoms in total. The fourth-order valence-corrected chi connectivity index (χ4v) is 12.6. The zero-order chi connectivity index (χ0) is 24.8. The van der Waals surface area contributed by atoms with E-state index in [0.717, 1.165) is 41.9 Å². The first-order valence-corrected chi connectivity index (χ1v) is 16.8. The van der Waals surface area contributed by atoms with Crippen LogP contribution < -0.4 is 4.46 Å². The maximum atomic E-state index is 13.3. The monoisotopic (exact) mass is 542 g/mol. The fourth-order valence-electron chi connectivity index (χ4n) is 9.87. The number of Topliss-reactive ketones (excluding diaryl/α,β-unsaturated/α-hetero) is 1. The number of ketones is 1. The number of rotatable bonds is 7. The summed E-state index contributed by atoms with van der Waals surface area (Å²) in [6.07, 6.45) is 14.8. The summed E-state index contributed by atoms with van der Waals surface area (Å²) < 4.78 is 1.41. The standard InChI is InChI=1S/C33H50OSe/c1-22(2)10-9-11-23(3)27-16-17-28-26-15-14-24-20-30(34)31(35-25-12-7-6-8-13-25)21-33(24,5)29(26)18-19-32(27,28)4/h6-8,12-13,22-24,26-29,31H,9-11,14-21H2,1-5H3/t23?,24-,26?,27+,28?,29?,31+,32+,33-/m0/s1. The minimum absolute atomic E-state index is 0.284. The molecule has 4 unspecified atom stereocenters. The van der Waals surface area contributed by atoms with Crippen LogP contribution in [-0.2, 0) is 4.79 Å². The van der Waals surface area contributed by atoms with E-state index in [4.69, 9.17) is 0 Å². The quantitative estimate of drug-likeness (QED) is 0.319. The van der Waals surface area contributed by atoms with Crippen molar-refractivity contribution in [3.63, 3.8) is 0 Å². The SMILES string of the molecule is CC(C)CCCC(C)[C@H]1CCC2C3CC[C@H]4CC(=O)[C@H]([Se]c5ccccc5)C[C@]4(C)C3CC[C@@]21C. The molecule has 0 spiro atoms. The molecule has 194 valence electrons. The van der Waals surface area contributed by atoms with E-state index in [1.807, 2.05) is 0 Å². The Labute approximate surface area is 222 Å². The zero-order valence-electron chi connectivity index (χ0n) is 23.1. The van der Waals surface area contributed by atoms with Gasteiger partial charge in [0.25, 0.3) is 0 Å². The molecule has 4 aliphatic rings. The fraction of sp³-hybridized carbons (Fsp3) is 0.788. The number of carbonyl (C=O) groups is 1. The van der Waals surface area contributed by atoms with Crippen LogP contribution in [-0.4, -0.2) is 20.7 Å². The van der Waals surface area contributed by atoms with E-state index in [1.165, 1.54) is 68.7 Å². The van der Waals surface area contributed by atoms with Crippen molar-refractivity contribution in [2.75, 3.05) is 0 Å². The molecule has 35 heavy (non-hydrogen) atoms. The summed E-state index contributed by atoms with van der Waals surface area (Å²) in [6, 6.07) is 10.9. The summed E-state index contributed by atoms with van der Waals surface area (Å²) in [4.78, 5) is 13.6. The van der Waals surface area contributed by atoms with Crippen LogP contribution in [0, 0.1) is 52.3 Å². The Kier molecular flexibility index (Phi) is 7.65. The molecule has 9 atom stereocenters. The van der Waals surface area contributed by atoms with Crippen molar-refractivity contribution < 1.29 is 4.79 Å². The van der Waals surface area contributed by atoms with E-state index in [0.29, 0.717) is 27.3 Å².